The van der Waals surface area contributed by atoms with Gasteiger partial charge in [-0.05, 0) is 38.1 Å². The summed E-state index contributed by atoms with van der Waals surface area (Å²) >= 11 is 0. The molecule has 2 nitrogen and oxygen atoms in total. The number of nitrogens with one attached hydrogen (secondary N) is 1. The fourth-order valence-electron chi connectivity index (χ4n) is 2.39. The Morgan fingerprint density at radius 2 is 1.92 bits per heavy atom. The highest BCUT2D eigenvalue weighted by molar-refractivity contribution is 4.71. The van der Waals surface area contributed by atoms with E-state index >= 15 is 0 Å². The van der Waals surface area contributed by atoms with Gasteiger partial charge >= 0.3 is 0 Å². The summed E-state index contributed by atoms with van der Waals surface area (Å²) in [6.07, 6.45) is 8.67. The molecule has 1 N–H and O–H groups in total. The molecule has 0 unspecified atom stereocenters. The van der Waals surface area contributed by atoms with Gasteiger partial charge in [0.25, 0.3) is 0 Å². The van der Waals surface area contributed by atoms with Crippen LogP contribution in [0.25, 0.3) is 0 Å². The van der Waals surface area contributed by atoms with Crippen molar-refractivity contribution >= 4 is 0 Å². The van der Waals surface area contributed by atoms with E-state index in [1.807, 2.05) is 0 Å². The number of rotatable bonds is 3. The predicted octanol–water partition coefficient (Wildman–Crippen LogP) is 1.95. The molecule has 2 heteroatoms. The highest BCUT2D eigenvalue weighted by Crippen LogP contribution is 2.22. The highest BCUT2D eigenvalue weighted by atomic mass is 16.5. The van der Waals surface area contributed by atoms with Gasteiger partial charge in [0, 0.05) is 6.54 Å². The van der Waals surface area contributed by atoms with Gasteiger partial charge < -0.3 is 10.1 Å². The van der Waals surface area contributed by atoms with Crippen LogP contribution in [0.4, 0.5) is 0 Å². The molecule has 1 atom stereocenters. The van der Waals surface area contributed by atoms with Gasteiger partial charge in [0.05, 0.1) is 12.7 Å². The minimum atomic E-state index is 0.599. The van der Waals surface area contributed by atoms with Crippen molar-refractivity contribution in [2.24, 2.45) is 5.92 Å². The van der Waals surface area contributed by atoms with Gasteiger partial charge in [-0.15, -0.1) is 0 Å². The predicted molar refractivity (Wildman–Crippen MR) is 53.8 cm³/mol. The first kappa shape index (κ1) is 9.47. The molecule has 0 bridgehead atoms. The first-order valence-electron chi connectivity index (χ1n) is 5.77. The van der Waals surface area contributed by atoms with Crippen LogP contribution in [0.5, 0.6) is 0 Å². The number of hydrogen-bond acceptors (Lipinski definition) is 2. The summed E-state index contributed by atoms with van der Waals surface area (Å²) in [5.74, 6) is 0.786. The first-order valence-corrected chi connectivity index (χ1v) is 5.77. The van der Waals surface area contributed by atoms with Crippen molar-refractivity contribution in [3.63, 3.8) is 0 Å². The van der Waals surface area contributed by atoms with Crippen molar-refractivity contribution in [1.82, 2.24) is 5.32 Å². The molecule has 2 rings (SSSR count). The lowest BCUT2D eigenvalue weighted by Crippen LogP contribution is -2.33. The van der Waals surface area contributed by atoms with Crippen LogP contribution in [0, 0.1) is 5.92 Å². The molecule has 1 aliphatic carbocycles. The fraction of sp³-hybridized carbons (Fsp3) is 1.00. The lowest BCUT2D eigenvalue weighted by Gasteiger charge is -2.24. The molecule has 2 fully saturated rings. The Morgan fingerprint density at radius 1 is 1.08 bits per heavy atom. The molecule has 76 valence electrons. The maximum atomic E-state index is 5.90. The molecule has 2 aliphatic rings. The molecule has 13 heavy (non-hydrogen) atoms. The van der Waals surface area contributed by atoms with E-state index in [9.17, 15) is 0 Å². The zero-order chi connectivity index (χ0) is 8.93. The fourth-order valence-corrected chi connectivity index (χ4v) is 2.39. The van der Waals surface area contributed by atoms with Gasteiger partial charge in [-0.3, -0.25) is 0 Å². The molecule has 0 aromatic carbocycles. The largest absolute Gasteiger partial charge is 0.378 e. The minimum absolute atomic E-state index is 0.599. The average Bonchev–Trinajstić information content (AvgIpc) is 2.69. The Morgan fingerprint density at radius 3 is 2.62 bits per heavy atom. The highest BCUT2D eigenvalue weighted by Gasteiger charge is 2.18. The second-order valence-electron chi connectivity index (χ2n) is 4.45. The monoisotopic (exact) mass is 183 g/mol. The summed E-state index contributed by atoms with van der Waals surface area (Å²) in [6, 6.07) is 0. The molecule has 0 radical (unpaired) electrons. The van der Waals surface area contributed by atoms with Crippen molar-refractivity contribution in [2.75, 3.05) is 19.7 Å². The molecular formula is C11H21NO. The average molecular weight is 183 g/mol. The van der Waals surface area contributed by atoms with E-state index < -0.39 is 0 Å². The van der Waals surface area contributed by atoms with Crippen LogP contribution in [-0.2, 0) is 4.74 Å². The van der Waals surface area contributed by atoms with E-state index in [-0.39, 0.29) is 0 Å². The maximum Gasteiger partial charge on any atom is 0.0575 e. The third-order valence-electron chi connectivity index (χ3n) is 3.27. The molecule has 1 heterocycles. The molecule has 0 spiro atoms. The van der Waals surface area contributed by atoms with Crippen molar-refractivity contribution in [1.29, 1.82) is 0 Å². The van der Waals surface area contributed by atoms with Crippen molar-refractivity contribution in [2.45, 2.75) is 44.6 Å². The molecule has 1 saturated carbocycles. The summed E-state index contributed by atoms with van der Waals surface area (Å²) in [7, 11) is 0. The summed E-state index contributed by atoms with van der Waals surface area (Å²) in [5.41, 5.74) is 0. The quantitative estimate of drug-likeness (QED) is 0.722. The van der Waals surface area contributed by atoms with E-state index in [1.165, 1.54) is 51.6 Å². The Balaban J connectivity index is 1.60. The number of hydrogen-bond donors (Lipinski definition) is 1. The smallest absolute Gasteiger partial charge is 0.0575 e. The lowest BCUT2D eigenvalue weighted by atomic mass is 10.0. The Kier molecular flexibility index (Phi) is 3.62. The van der Waals surface area contributed by atoms with Gasteiger partial charge in [-0.25, -0.2) is 0 Å². The number of piperidine rings is 1. The van der Waals surface area contributed by atoms with Crippen LogP contribution < -0.4 is 5.32 Å². The Labute approximate surface area is 81.0 Å². The maximum absolute atomic E-state index is 5.90. The van der Waals surface area contributed by atoms with Gasteiger partial charge in [-0.2, -0.15) is 0 Å². The van der Waals surface area contributed by atoms with Crippen molar-refractivity contribution in [3.8, 4) is 0 Å². The van der Waals surface area contributed by atoms with Crippen LogP contribution in [0.3, 0.4) is 0 Å². The minimum Gasteiger partial charge on any atom is -0.378 e. The molecule has 1 saturated heterocycles. The summed E-state index contributed by atoms with van der Waals surface area (Å²) < 4.78 is 5.90. The van der Waals surface area contributed by atoms with Gasteiger partial charge in [0.1, 0.15) is 0 Å². The second-order valence-corrected chi connectivity index (χ2v) is 4.45. The molecular weight excluding hydrogens is 162 g/mol. The van der Waals surface area contributed by atoms with E-state index in [4.69, 9.17) is 4.74 Å². The van der Waals surface area contributed by atoms with E-state index in [0.29, 0.717) is 6.10 Å². The Bertz CT molecular complexity index is 137. The third kappa shape index (κ3) is 2.96. The van der Waals surface area contributed by atoms with Crippen molar-refractivity contribution < 1.29 is 4.74 Å². The van der Waals surface area contributed by atoms with Crippen LogP contribution >= 0.6 is 0 Å². The third-order valence-corrected chi connectivity index (χ3v) is 3.27. The van der Waals surface area contributed by atoms with Gasteiger partial charge in [0.15, 0.2) is 0 Å². The van der Waals surface area contributed by atoms with E-state index in [2.05, 4.69) is 5.32 Å². The topological polar surface area (TPSA) is 21.3 Å². The lowest BCUT2D eigenvalue weighted by molar-refractivity contribution is 0.0281. The van der Waals surface area contributed by atoms with Crippen LogP contribution in [0.15, 0.2) is 0 Å². The summed E-state index contributed by atoms with van der Waals surface area (Å²) in [5, 5.41) is 3.43. The van der Waals surface area contributed by atoms with Gasteiger partial charge in [-0.1, -0.05) is 12.8 Å². The van der Waals surface area contributed by atoms with E-state index in [0.717, 1.165) is 12.5 Å². The van der Waals surface area contributed by atoms with Crippen molar-refractivity contribution in [3.05, 3.63) is 0 Å². The molecule has 0 amide bonds. The summed E-state index contributed by atoms with van der Waals surface area (Å²) in [4.78, 5) is 0. The standard InChI is InChI=1S/C11H21NO/c1-2-6-11(5-1)13-9-10-4-3-7-12-8-10/h10-12H,1-9H2/t10-/m1/s1. The molecule has 1 aliphatic heterocycles. The van der Waals surface area contributed by atoms with Crippen LogP contribution in [-0.4, -0.2) is 25.8 Å². The zero-order valence-corrected chi connectivity index (χ0v) is 8.43. The molecule has 0 aromatic rings. The van der Waals surface area contributed by atoms with Crippen LogP contribution in [0.1, 0.15) is 38.5 Å². The zero-order valence-electron chi connectivity index (χ0n) is 8.43. The second kappa shape index (κ2) is 4.97. The summed E-state index contributed by atoms with van der Waals surface area (Å²) in [6.45, 7) is 3.38. The number of ether oxygens (including phenoxy) is 1. The normalized spacial score (nSPS) is 30.9. The van der Waals surface area contributed by atoms with E-state index in [1.54, 1.807) is 0 Å². The Hall–Kier alpha value is -0.0800. The first-order chi connectivity index (χ1) is 6.45. The SMILES string of the molecule is C1CCC(OC[C@@H]2CCCNC2)C1. The van der Waals surface area contributed by atoms with Gasteiger partial charge in [0.2, 0.25) is 0 Å². The van der Waals surface area contributed by atoms with Crippen LogP contribution in [0.2, 0.25) is 0 Å². The molecule has 0 aromatic heterocycles.